The molecule has 0 spiro atoms. The number of hydrogen-bond donors (Lipinski definition) is 3. The molecule has 1 unspecified atom stereocenters. The van der Waals surface area contributed by atoms with Crippen molar-refractivity contribution < 1.29 is 40.7 Å². The number of amidine groups is 1. The number of nitrogens with zero attached hydrogens (tertiary/aromatic N) is 3. The van der Waals surface area contributed by atoms with Crippen LogP contribution in [-0.2, 0) is 14.4 Å². The molecule has 2 amide bonds. The van der Waals surface area contributed by atoms with E-state index in [2.05, 4.69) is 4.98 Å². The zero-order chi connectivity index (χ0) is 23.1. The first-order valence-electron chi connectivity index (χ1n) is 10.2. The zero-order valence-electron chi connectivity index (χ0n) is 18.9. The third-order valence-electron chi connectivity index (χ3n) is 5.16. The molecule has 10 N–H and O–H groups in total. The molecule has 1 fully saturated rings. The lowest BCUT2D eigenvalue weighted by molar-refractivity contribution is -0.159. The number of nitrogens with one attached hydrogen (secondary N) is 1. The molecule has 1 aliphatic heterocycles. The second kappa shape index (κ2) is 14.2. The van der Waals surface area contributed by atoms with Gasteiger partial charge in [0, 0.05) is 37.6 Å². The fourth-order valence-corrected chi connectivity index (χ4v) is 3.52. The predicted octanol–water partition coefficient (Wildman–Crippen LogP) is -1.45. The SMILES string of the molecule is N=C(N)c1ccc(OCCCN2CCN(C(CC(=O)O)c3cccnc3)C(=O)C2=O)cc1.O.O.O. The third kappa shape index (κ3) is 8.03. The highest BCUT2D eigenvalue weighted by molar-refractivity contribution is 6.35. The molecule has 3 rings (SSSR count). The minimum Gasteiger partial charge on any atom is -0.494 e. The number of ether oxygens (including phenoxy) is 1. The highest BCUT2D eigenvalue weighted by atomic mass is 16.5. The van der Waals surface area contributed by atoms with Crippen LogP contribution in [0.4, 0.5) is 0 Å². The summed E-state index contributed by atoms with van der Waals surface area (Å²) in [6.45, 7) is 1.25. The maximum atomic E-state index is 12.7. The Balaban J connectivity index is 0.00000385. The number of nitrogens with two attached hydrogens (primary N) is 1. The number of rotatable bonds is 10. The summed E-state index contributed by atoms with van der Waals surface area (Å²) in [7, 11) is 0. The molecule has 0 radical (unpaired) electrons. The average molecular weight is 494 g/mol. The fourth-order valence-electron chi connectivity index (χ4n) is 3.52. The Hall–Kier alpha value is -4.07. The number of piperazine rings is 1. The normalized spacial score (nSPS) is 13.6. The van der Waals surface area contributed by atoms with Crippen molar-refractivity contribution in [1.29, 1.82) is 5.41 Å². The molecule has 2 heterocycles. The molecular weight excluding hydrogens is 462 g/mol. The molecule has 2 aromatic rings. The molecule has 192 valence electrons. The van der Waals surface area contributed by atoms with Gasteiger partial charge in [0.1, 0.15) is 11.6 Å². The van der Waals surface area contributed by atoms with Gasteiger partial charge in [-0.3, -0.25) is 24.8 Å². The lowest BCUT2D eigenvalue weighted by Crippen LogP contribution is -2.55. The van der Waals surface area contributed by atoms with Crippen LogP contribution in [0.2, 0.25) is 0 Å². The Kier molecular flexibility index (Phi) is 12.6. The maximum Gasteiger partial charge on any atom is 0.312 e. The van der Waals surface area contributed by atoms with Crippen LogP contribution in [0.25, 0.3) is 0 Å². The highest BCUT2D eigenvalue weighted by Crippen LogP contribution is 2.26. The van der Waals surface area contributed by atoms with Gasteiger partial charge in [0.2, 0.25) is 0 Å². The molecule has 35 heavy (non-hydrogen) atoms. The van der Waals surface area contributed by atoms with E-state index in [0.29, 0.717) is 43.0 Å². The first-order chi connectivity index (χ1) is 15.4. The van der Waals surface area contributed by atoms with E-state index in [0.717, 1.165) is 0 Å². The first-order valence-corrected chi connectivity index (χ1v) is 10.2. The van der Waals surface area contributed by atoms with Crippen molar-refractivity contribution in [2.24, 2.45) is 5.73 Å². The van der Waals surface area contributed by atoms with Crippen LogP contribution >= 0.6 is 0 Å². The van der Waals surface area contributed by atoms with Gasteiger partial charge in [-0.15, -0.1) is 0 Å². The van der Waals surface area contributed by atoms with Crippen molar-refractivity contribution >= 4 is 23.6 Å². The van der Waals surface area contributed by atoms with Crippen LogP contribution in [0.5, 0.6) is 5.75 Å². The molecule has 1 saturated heterocycles. The van der Waals surface area contributed by atoms with Gasteiger partial charge in [-0.2, -0.15) is 0 Å². The number of hydrogen-bond acceptors (Lipinski definition) is 6. The number of nitrogen functional groups attached to an aromatic ring is 1. The number of pyridine rings is 1. The molecule has 1 atom stereocenters. The Bertz CT molecular complexity index is 987. The zero-order valence-corrected chi connectivity index (χ0v) is 18.9. The van der Waals surface area contributed by atoms with Gasteiger partial charge in [-0.1, -0.05) is 6.07 Å². The largest absolute Gasteiger partial charge is 0.494 e. The lowest BCUT2D eigenvalue weighted by Gasteiger charge is -2.38. The molecular formula is C22H31N5O8. The number of carbonyl (C=O) groups excluding carboxylic acids is 2. The predicted molar refractivity (Wildman–Crippen MR) is 126 cm³/mol. The monoisotopic (exact) mass is 493 g/mol. The summed E-state index contributed by atoms with van der Waals surface area (Å²) in [5, 5.41) is 16.7. The van der Waals surface area contributed by atoms with Gasteiger partial charge < -0.3 is 41.8 Å². The number of carbonyl (C=O) groups is 3. The number of aliphatic carboxylic acids is 1. The Morgan fingerprint density at radius 2 is 1.80 bits per heavy atom. The molecule has 1 aromatic heterocycles. The van der Waals surface area contributed by atoms with E-state index in [1.807, 2.05) is 0 Å². The second-order valence-corrected chi connectivity index (χ2v) is 7.33. The quantitative estimate of drug-likeness (QED) is 0.153. The van der Waals surface area contributed by atoms with Gasteiger partial charge in [-0.25, -0.2) is 0 Å². The molecule has 0 bridgehead atoms. The smallest absolute Gasteiger partial charge is 0.312 e. The highest BCUT2D eigenvalue weighted by Gasteiger charge is 2.37. The average Bonchev–Trinajstić information content (AvgIpc) is 2.79. The first kappa shape index (κ1) is 30.9. The molecule has 1 aromatic carbocycles. The van der Waals surface area contributed by atoms with Gasteiger partial charge in [0.15, 0.2) is 0 Å². The lowest BCUT2D eigenvalue weighted by atomic mass is 10.0. The Labute approximate surface area is 201 Å². The van der Waals surface area contributed by atoms with Crippen LogP contribution < -0.4 is 10.5 Å². The summed E-state index contributed by atoms with van der Waals surface area (Å²) < 4.78 is 5.64. The number of carboxylic acids is 1. The fraction of sp³-hybridized carbons (Fsp3) is 0.318. The Morgan fingerprint density at radius 3 is 2.37 bits per heavy atom. The molecule has 0 saturated carbocycles. The van der Waals surface area contributed by atoms with Gasteiger partial charge in [0.25, 0.3) is 0 Å². The minimum atomic E-state index is -1.06. The van der Waals surface area contributed by atoms with Gasteiger partial charge in [-0.05, 0) is 42.3 Å². The standard InChI is InChI=1S/C22H25N5O5.3H2O/c23-20(24)15-4-6-17(7-5-15)32-12-2-9-26-10-11-27(22(31)21(26)30)18(13-19(28)29)16-3-1-8-25-14-16;;;/h1,3-8,14,18H,2,9-13H2,(H3,23,24)(H,28,29);3*1H2. The van der Waals surface area contributed by atoms with E-state index in [1.54, 1.807) is 42.6 Å². The van der Waals surface area contributed by atoms with Crippen molar-refractivity contribution in [3.63, 3.8) is 0 Å². The van der Waals surface area contributed by atoms with Crippen LogP contribution in [-0.4, -0.2) is 86.2 Å². The number of carboxylic acid groups (broad SMARTS) is 1. The minimum absolute atomic E-state index is 0. The van der Waals surface area contributed by atoms with Crippen LogP contribution in [0.3, 0.4) is 0 Å². The van der Waals surface area contributed by atoms with E-state index in [4.69, 9.17) is 15.9 Å². The van der Waals surface area contributed by atoms with E-state index < -0.39 is 23.8 Å². The summed E-state index contributed by atoms with van der Waals surface area (Å²) in [6, 6.07) is 9.42. The number of benzene rings is 1. The summed E-state index contributed by atoms with van der Waals surface area (Å²) >= 11 is 0. The number of aromatic nitrogens is 1. The molecule has 1 aliphatic rings. The van der Waals surface area contributed by atoms with Crippen LogP contribution in [0.15, 0.2) is 48.8 Å². The van der Waals surface area contributed by atoms with Gasteiger partial charge >= 0.3 is 17.8 Å². The molecule has 0 aliphatic carbocycles. The summed E-state index contributed by atoms with van der Waals surface area (Å²) in [5.74, 6) is -1.83. The molecule has 13 heteroatoms. The summed E-state index contributed by atoms with van der Waals surface area (Å²) in [4.78, 5) is 43.5. The van der Waals surface area contributed by atoms with Gasteiger partial charge in [0.05, 0.1) is 19.1 Å². The third-order valence-corrected chi connectivity index (χ3v) is 5.16. The van der Waals surface area contributed by atoms with E-state index in [-0.39, 0.29) is 35.2 Å². The number of amides is 2. The Morgan fingerprint density at radius 1 is 1.11 bits per heavy atom. The van der Waals surface area contributed by atoms with Crippen molar-refractivity contribution in [3.05, 3.63) is 59.9 Å². The van der Waals surface area contributed by atoms with Crippen LogP contribution in [0, 0.1) is 5.41 Å². The molecule has 13 nitrogen and oxygen atoms in total. The van der Waals surface area contributed by atoms with E-state index in [9.17, 15) is 19.5 Å². The second-order valence-electron chi connectivity index (χ2n) is 7.33. The summed E-state index contributed by atoms with van der Waals surface area (Å²) in [5.41, 5.74) is 6.60. The van der Waals surface area contributed by atoms with E-state index >= 15 is 0 Å². The summed E-state index contributed by atoms with van der Waals surface area (Å²) in [6.07, 6.45) is 3.29. The van der Waals surface area contributed by atoms with Crippen LogP contribution in [0.1, 0.15) is 30.0 Å². The van der Waals surface area contributed by atoms with Crippen molar-refractivity contribution in [1.82, 2.24) is 14.8 Å². The maximum absolute atomic E-state index is 12.7. The van der Waals surface area contributed by atoms with Crippen molar-refractivity contribution in [2.75, 3.05) is 26.2 Å². The van der Waals surface area contributed by atoms with Crippen molar-refractivity contribution in [2.45, 2.75) is 18.9 Å². The van der Waals surface area contributed by atoms with Crippen molar-refractivity contribution in [3.8, 4) is 5.75 Å². The van der Waals surface area contributed by atoms with E-state index in [1.165, 1.54) is 16.0 Å². The topological polar surface area (TPSA) is 244 Å².